The molecule has 0 saturated heterocycles. The zero-order chi connectivity index (χ0) is 22.0. The maximum atomic E-state index is 13.0. The summed E-state index contributed by atoms with van der Waals surface area (Å²) in [5.41, 5.74) is 3.81. The second kappa shape index (κ2) is 8.33. The molecule has 0 aliphatic carbocycles. The van der Waals surface area contributed by atoms with E-state index in [1.54, 1.807) is 18.2 Å². The van der Waals surface area contributed by atoms with Crippen molar-refractivity contribution in [1.29, 1.82) is 0 Å². The first-order chi connectivity index (χ1) is 14.8. The number of nitrogens with one attached hydrogen (secondary N) is 2. The molecule has 0 spiro atoms. The largest absolute Gasteiger partial charge is 0.338 e. The van der Waals surface area contributed by atoms with Gasteiger partial charge >= 0.3 is 0 Å². The second-order valence-electron chi connectivity index (χ2n) is 7.31. The number of aromatic nitrogens is 2. The summed E-state index contributed by atoms with van der Waals surface area (Å²) >= 11 is 0. The number of carbonyl (C=O) groups excluding carboxylic acids is 1. The van der Waals surface area contributed by atoms with Gasteiger partial charge in [0, 0.05) is 18.3 Å². The molecule has 31 heavy (non-hydrogen) atoms. The Kier molecular flexibility index (Phi) is 5.58. The van der Waals surface area contributed by atoms with Gasteiger partial charge in [-0.05, 0) is 42.8 Å². The van der Waals surface area contributed by atoms with Crippen LogP contribution in [0.3, 0.4) is 0 Å². The van der Waals surface area contributed by atoms with E-state index >= 15 is 0 Å². The zero-order valence-electron chi connectivity index (χ0n) is 17.2. The minimum Gasteiger partial charge on any atom is -0.338 e. The van der Waals surface area contributed by atoms with Crippen LogP contribution in [-0.4, -0.2) is 42.2 Å². The van der Waals surface area contributed by atoms with Gasteiger partial charge in [0.1, 0.15) is 5.82 Å². The standard InChI is InChI=1S/C23H22N4O3S/c1-16-7-6-10-18(13-16)24-22(28)15-27(2)31(29,30)19-11-12-20-21(14-19)26-23(25-20)17-8-4-3-5-9-17/h3-14H,15H2,1-2H3,(H,24,28)(H,25,26). The topological polar surface area (TPSA) is 95.2 Å². The molecule has 0 fully saturated rings. The number of rotatable bonds is 6. The molecular formula is C23H22N4O3S. The zero-order valence-corrected chi connectivity index (χ0v) is 18.0. The Bertz CT molecular complexity index is 1350. The van der Waals surface area contributed by atoms with E-state index < -0.39 is 15.9 Å². The number of amides is 1. The first-order valence-electron chi connectivity index (χ1n) is 9.71. The third-order valence-electron chi connectivity index (χ3n) is 4.88. The summed E-state index contributed by atoms with van der Waals surface area (Å²) in [6.45, 7) is 1.62. The molecule has 1 heterocycles. The van der Waals surface area contributed by atoms with Crippen molar-refractivity contribution in [2.75, 3.05) is 18.9 Å². The summed E-state index contributed by atoms with van der Waals surface area (Å²) in [7, 11) is -2.47. The average Bonchev–Trinajstić information content (AvgIpc) is 3.17. The molecule has 0 atom stereocenters. The van der Waals surface area contributed by atoms with Crippen molar-refractivity contribution >= 4 is 32.7 Å². The monoisotopic (exact) mass is 434 g/mol. The smallest absolute Gasteiger partial charge is 0.243 e. The van der Waals surface area contributed by atoms with Crippen molar-refractivity contribution in [1.82, 2.24) is 14.3 Å². The van der Waals surface area contributed by atoms with Gasteiger partial charge in [0.15, 0.2) is 0 Å². The Morgan fingerprint density at radius 2 is 1.81 bits per heavy atom. The van der Waals surface area contributed by atoms with Gasteiger partial charge < -0.3 is 10.3 Å². The highest BCUT2D eigenvalue weighted by molar-refractivity contribution is 7.89. The van der Waals surface area contributed by atoms with E-state index in [-0.39, 0.29) is 11.4 Å². The van der Waals surface area contributed by atoms with Crippen LogP contribution in [0.1, 0.15) is 5.56 Å². The molecular weight excluding hydrogens is 412 g/mol. The van der Waals surface area contributed by atoms with Crippen molar-refractivity contribution in [2.45, 2.75) is 11.8 Å². The maximum Gasteiger partial charge on any atom is 0.243 e. The van der Waals surface area contributed by atoms with Crippen molar-refractivity contribution in [2.24, 2.45) is 0 Å². The number of hydrogen-bond acceptors (Lipinski definition) is 4. The Labute approximate surface area is 180 Å². The number of H-pyrrole nitrogens is 1. The quantitative estimate of drug-likeness (QED) is 0.483. The fraction of sp³-hybridized carbons (Fsp3) is 0.130. The van der Waals surface area contributed by atoms with Gasteiger partial charge in [0.2, 0.25) is 15.9 Å². The van der Waals surface area contributed by atoms with E-state index in [4.69, 9.17) is 0 Å². The third kappa shape index (κ3) is 4.50. The predicted molar refractivity (Wildman–Crippen MR) is 121 cm³/mol. The molecule has 7 nitrogen and oxygen atoms in total. The third-order valence-corrected chi connectivity index (χ3v) is 6.68. The predicted octanol–water partition coefficient (Wildman–Crippen LogP) is 3.80. The summed E-state index contributed by atoms with van der Waals surface area (Å²) in [5.74, 6) is 0.252. The molecule has 0 radical (unpaired) electrons. The average molecular weight is 435 g/mol. The molecule has 4 aromatic rings. The number of benzene rings is 3. The highest BCUT2D eigenvalue weighted by Crippen LogP contribution is 2.24. The molecule has 0 saturated carbocycles. The number of nitrogens with zero attached hydrogens (tertiary/aromatic N) is 2. The Balaban J connectivity index is 1.53. The molecule has 8 heteroatoms. The Hall–Kier alpha value is -3.49. The van der Waals surface area contributed by atoms with Crippen molar-refractivity contribution in [3.63, 3.8) is 0 Å². The lowest BCUT2D eigenvalue weighted by Crippen LogP contribution is -2.35. The Morgan fingerprint density at radius 3 is 2.55 bits per heavy atom. The van der Waals surface area contributed by atoms with E-state index in [2.05, 4.69) is 15.3 Å². The summed E-state index contributed by atoms with van der Waals surface area (Å²) in [6, 6.07) is 21.6. The fourth-order valence-electron chi connectivity index (χ4n) is 3.27. The normalized spacial score (nSPS) is 11.7. The van der Waals surface area contributed by atoms with Crippen LogP contribution in [0.4, 0.5) is 5.69 Å². The summed E-state index contributed by atoms with van der Waals surface area (Å²) < 4.78 is 27.0. The van der Waals surface area contributed by atoms with Crippen LogP contribution in [0, 0.1) is 6.92 Å². The minimum absolute atomic E-state index is 0.0918. The molecule has 1 amide bonds. The summed E-state index contributed by atoms with van der Waals surface area (Å²) in [5, 5.41) is 2.73. The van der Waals surface area contributed by atoms with Crippen LogP contribution >= 0.6 is 0 Å². The number of carbonyl (C=O) groups is 1. The Morgan fingerprint density at radius 1 is 1.03 bits per heavy atom. The highest BCUT2D eigenvalue weighted by atomic mass is 32.2. The number of anilines is 1. The van der Waals surface area contributed by atoms with Crippen LogP contribution in [0.25, 0.3) is 22.4 Å². The van der Waals surface area contributed by atoms with Crippen LogP contribution in [-0.2, 0) is 14.8 Å². The van der Waals surface area contributed by atoms with Crippen LogP contribution in [0.15, 0.2) is 77.7 Å². The first-order valence-corrected chi connectivity index (χ1v) is 11.1. The van der Waals surface area contributed by atoms with Crippen molar-refractivity contribution in [3.05, 3.63) is 78.4 Å². The highest BCUT2D eigenvalue weighted by Gasteiger charge is 2.24. The lowest BCUT2D eigenvalue weighted by atomic mass is 10.2. The first kappa shape index (κ1) is 20.8. The number of sulfonamides is 1. The molecule has 4 rings (SSSR count). The number of aryl methyl sites for hydroxylation is 1. The van der Waals surface area contributed by atoms with E-state index in [1.807, 2.05) is 55.5 Å². The van der Waals surface area contributed by atoms with Crippen molar-refractivity contribution < 1.29 is 13.2 Å². The molecule has 0 aliphatic heterocycles. The van der Waals surface area contributed by atoms with Gasteiger partial charge in [-0.1, -0.05) is 42.5 Å². The lowest BCUT2D eigenvalue weighted by Gasteiger charge is -2.17. The number of fused-ring (bicyclic) bond motifs is 1. The fourth-order valence-corrected chi connectivity index (χ4v) is 4.43. The summed E-state index contributed by atoms with van der Waals surface area (Å²) in [6.07, 6.45) is 0. The number of hydrogen-bond donors (Lipinski definition) is 2. The summed E-state index contributed by atoms with van der Waals surface area (Å²) in [4.78, 5) is 20.1. The van der Waals surface area contributed by atoms with Gasteiger partial charge in [0.25, 0.3) is 0 Å². The van der Waals surface area contributed by atoms with Crippen LogP contribution in [0.5, 0.6) is 0 Å². The maximum absolute atomic E-state index is 13.0. The van der Waals surface area contributed by atoms with E-state index in [9.17, 15) is 13.2 Å². The molecule has 0 aliphatic rings. The molecule has 2 N–H and O–H groups in total. The van der Waals surface area contributed by atoms with Crippen LogP contribution < -0.4 is 5.32 Å². The van der Waals surface area contributed by atoms with Crippen molar-refractivity contribution in [3.8, 4) is 11.4 Å². The van der Waals surface area contributed by atoms with Crippen LogP contribution in [0.2, 0.25) is 0 Å². The van der Waals surface area contributed by atoms with Gasteiger partial charge in [-0.25, -0.2) is 13.4 Å². The van der Waals surface area contributed by atoms with Gasteiger partial charge in [-0.15, -0.1) is 0 Å². The van der Waals surface area contributed by atoms with E-state index in [0.717, 1.165) is 15.4 Å². The number of likely N-dealkylation sites (N-methyl/N-ethyl adjacent to an activating group) is 1. The molecule has 0 unspecified atom stereocenters. The molecule has 1 aromatic heterocycles. The number of imidazole rings is 1. The van der Waals surface area contributed by atoms with E-state index in [1.165, 1.54) is 13.1 Å². The molecule has 3 aromatic carbocycles. The molecule has 158 valence electrons. The van der Waals surface area contributed by atoms with Gasteiger partial charge in [-0.2, -0.15) is 4.31 Å². The SMILES string of the molecule is Cc1cccc(NC(=O)CN(C)S(=O)(=O)c2ccc3nc(-c4ccccc4)[nH]c3c2)c1. The number of aromatic amines is 1. The second-order valence-corrected chi connectivity index (χ2v) is 9.35. The molecule has 0 bridgehead atoms. The van der Waals surface area contributed by atoms with Gasteiger partial charge in [0.05, 0.1) is 22.5 Å². The van der Waals surface area contributed by atoms with E-state index in [0.29, 0.717) is 22.5 Å². The minimum atomic E-state index is -3.86. The lowest BCUT2D eigenvalue weighted by molar-refractivity contribution is -0.116. The van der Waals surface area contributed by atoms with Gasteiger partial charge in [-0.3, -0.25) is 4.79 Å².